The van der Waals surface area contributed by atoms with Gasteiger partial charge in [-0.25, -0.2) is 0 Å². The minimum atomic E-state index is 0.157. The van der Waals surface area contributed by atoms with E-state index < -0.39 is 0 Å². The Bertz CT molecular complexity index is 659. The van der Waals surface area contributed by atoms with Crippen LogP contribution in [0.1, 0.15) is 43.2 Å². The summed E-state index contributed by atoms with van der Waals surface area (Å²) in [5, 5.41) is 0. The van der Waals surface area contributed by atoms with Gasteiger partial charge < -0.3 is 9.80 Å². The maximum Gasteiger partial charge on any atom is 0.236 e. The van der Waals surface area contributed by atoms with Crippen LogP contribution >= 0.6 is 0 Å². The summed E-state index contributed by atoms with van der Waals surface area (Å²) in [5.74, 6) is 0.732. The molecule has 140 valence electrons. The Morgan fingerprint density at radius 3 is 2.46 bits per heavy atom. The third-order valence-corrected chi connectivity index (χ3v) is 6.23. The molecule has 2 aliphatic heterocycles. The van der Waals surface area contributed by atoms with E-state index in [2.05, 4.69) is 34.1 Å². The summed E-state index contributed by atoms with van der Waals surface area (Å²) < 4.78 is 0. The summed E-state index contributed by atoms with van der Waals surface area (Å²) in [7, 11) is 1.88. The van der Waals surface area contributed by atoms with Crippen LogP contribution in [0.4, 0.5) is 0 Å². The average Bonchev–Trinajstić information content (AvgIpc) is 3.33. The quantitative estimate of drug-likeness (QED) is 0.814. The number of benzene rings is 1. The van der Waals surface area contributed by atoms with Gasteiger partial charge in [-0.3, -0.25) is 14.5 Å². The van der Waals surface area contributed by atoms with Gasteiger partial charge in [-0.1, -0.05) is 37.1 Å². The Kier molecular flexibility index (Phi) is 4.98. The minimum Gasteiger partial charge on any atom is -0.344 e. The van der Waals surface area contributed by atoms with E-state index in [1.807, 2.05) is 11.9 Å². The van der Waals surface area contributed by atoms with E-state index >= 15 is 0 Å². The van der Waals surface area contributed by atoms with Gasteiger partial charge in [0.2, 0.25) is 11.8 Å². The van der Waals surface area contributed by atoms with Crippen LogP contribution in [0.15, 0.2) is 24.3 Å². The van der Waals surface area contributed by atoms with Crippen molar-refractivity contribution >= 4 is 11.8 Å². The third kappa shape index (κ3) is 3.63. The third-order valence-electron chi connectivity index (χ3n) is 6.23. The second kappa shape index (κ2) is 7.39. The SMILES string of the molecule is CN(CC1CC(=O)N(C2CCCC2)C1)C(=O)CN1Cc2ccccc2C1. The zero-order valence-electron chi connectivity index (χ0n) is 15.7. The number of likely N-dealkylation sites (tertiary alicyclic amines) is 1. The summed E-state index contributed by atoms with van der Waals surface area (Å²) in [6.07, 6.45) is 5.40. The molecule has 1 atom stereocenters. The summed E-state index contributed by atoms with van der Waals surface area (Å²) in [6, 6.07) is 8.86. The molecule has 0 aromatic heterocycles. The second-order valence-corrected chi connectivity index (χ2v) is 8.24. The molecule has 5 nitrogen and oxygen atoms in total. The fourth-order valence-corrected chi connectivity index (χ4v) is 4.82. The van der Waals surface area contributed by atoms with E-state index in [9.17, 15) is 9.59 Å². The highest BCUT2D eigenvalue weighted by atomic mass is 16.2. The molecule has 26 heavy (non-hydrogen) atoms. The number of hydrogen-bond donors (Lipinski definition) is 0. The lowest BCUT2D eigenvalue weighted by Gasteiger charge is -2.26. The molecule has 5 heteroatoms. The number of carbonyl (C=O) groups is 2. The van der Waals surface area contributed by atoms with Crippen LogP contribution in [0.2, 0.25) is 0 Å². The number of rotatable bonds is 5. The van der Waals surface area contributed by atoms with E-state index in [1.165, 1.54) is 24.0 Å². The number of likely N-dealkylation sites (N-methyl/N-ethyl adjacent to an activating group) is 1. The van der Waals surface area contributed by atoms with Crippen molar-refractivity contribution in [1.29, 1.82) is 0 Å². The Hall–Kier alpha value is -1.88. The topological polar surface area (TPSA) is 43.9 Å². The standard InChI is InChI=1S/C21H29N3O2/c1-22(11-16-10-20(25)24(12-16)19-8-4-5-9-19)21(26)15-23-13-17-6-2-3-7-18(17)14-23/h2-3,6-7,16,19H,4-5,8-15H2,1H3. The van der Waals surface area contributed by atoms with Crippen LogP contribution in [0.5, 0.6) is 0 Å². The van der Waals surface area contributed by atoms with Crippen molar-refractivity contribution in [1.82, 2.24) is 14.7 Å². The van der Waals surface area contributed by atoms with Crippen molar-refractivity contribution in [2.45, 2.75) is 51.2 Å². The zero-order chi connectivity index (χ0) is 18.1. The predicted octanol–water partition coefficient (Wildman–Crippen LogP) is 2.25. The Morgan fingerprint density at radius 2 is 1.81 bits per heavy atom. The molecule has 1 aromatic rings. The predicted molar refractivity (Wildman–Crippen MR) is 100 cm³/mol. The molecule has 0 N–H and O–H groups in total. The molecular formula is C21H29N3O2. The van der Waals surface area contributed by atoms with E-state index in [4.69, 9.17) is 0 Å². The van der Waals surface area contributed by atoms with Crippen LogP contribution in [0.3, 0.4) is 0 Å². The molecule has 0 bridgehead atoms. The fraction of sp³-hybridized carbons (Fsp3) is 0.619. The molecule has 4 rings (SSSR count). The van der Waals surface area contributed by atoms with Gasteiger partial charge in [0.1, 0.15) is 0 Å². The first-order valence-corrected chi connectivity index (χ1v) is 9.92. The summed E-state index contributed by atoms with van der Waals surface area (Å²) >= 11 is 0. The fourth-order valence-electron chi connectivity index (χ4n) is 4.82. The molecule has 3 aliphatic rings. The van der Waals surface area contributed by atoms with E-state index in [0.717, 1.165) is 32.5 Å². The summed E-state index contributed by atoms with van der Waals surface area (Å²) in [5.41, 5.74) is 2.66. The van der Waals surface area contributed by atoms with Gasteiger partial charge in [0.05, 0.1) is 6.54 Å². The maximum atomic E-state index is 12.6. The average molecular weight is 355 g/mol. The van der Waals surface area contributed by atoms with Crippen LogP contribution in [0.25, 0.3) is 0 Å². The Morgan fingerprint density at radius 1 is 1.15 bits per heavy atom. The molecular weight excluding hydrogens is 326 g/mol. The highest BCUT2D eigenvalue weighted by Crippen LogP contribution is 2.29. The van der Waals surface area contributed by atoms with Crippen molar-refractivity contribution in [3.05, 3.63) is 35.4 Å². The normalized spacial score (nSPS) is 23.7. The van der Waals surface area contributed by atoms with Gasteiger partial charge in [-0.05, 0) is 24.0 Å². The van der Waals surface area contributed by atoms with Crippen LogP contribution in [0, 0.1) is 5.92 Å². The van der Waals surface area contributed by atoms with Crippen LogP contribution in [-0.2, 0) is 22.7 Å². The molecule has 1 saturated carbocycles. The van der Waals surface area contributed by atoms with Crippen LogP contribution < -0.4 is 0 Å². The molecule has 1 aromatic carbocycles. The zero-order valence-corrected chi connectivity index (χ0v) is 15.7. The minimum absolute atomic E-state index is 0.157. The lowest BCUT2D eigenvalue weighted by molar-refractivity contribution is -0.132. The molecule has 1 unspecified atom stereocenters. The second-order valence-electron chi connectivity index (χ2n) is 8.24. The lowest BCUT2D eigenvalue weighted by atomic mass is 10.1. The van der Waals surface area contributed by atoms with E-state index in [-0.39, 0.29) is 17.7 Å². The van der Waals surface area contributed by atoms with E-state index in [0.29, 0.717) is 25.6 Å². The van der Waals surface area contributed by atoms with Crippen molar-refractivity contribution in [3.8, 4) is 0 Å². The van der Waals surface area contributed by atoms with Crippen molar-refractivity contribution in [2.24, 2.45) is 5.92 Å². The monoisotopic (exact) mass is 355 g/mol. The maximum absolute atomic E-state index is 12.6. The summed E-state index contributed by atoms with van der Waals surface area (Å²) in [4.78, 5) is 31.1. The molecule has 2 heterocycles. The van der Waals surface area contributed by atoms with Crippen molar-refractivity contribution in [3.63, 3.8) is 0 Å². The Labute approximate surface area is 155 Å². The number of hydrogen-bond acceptors (Lipinski definition) is 3. The lowest BCUT2D eigenvalue weighted by Crippen LogP contribution is -2.39. The molecule has 1 aliphatic carbocycles. The van der Waals surface area contributed by atoms with Gasteiger partial charge in [0.25, 0.3) is 0 Å². The number of fused-ring (bicyclic) bond motifs is 1. The van der Waals surface area contributed by atoms with Gasteiger partial charge in [0.15, 0.2) is 0 Å². The van der Waals surface area contributed by atoms with Gasteiger partial charge >= 0.3 is 0 Å². The highest BCUT2D eigenvalue weighted by Gasteiger charge is 2.36. The smallest absolute Gasteiger partial charge is 0.236 e. The van der Waals surface area contributed by atoms with Crippen LogP contribution in [-0.4, -0.2) is 59.2 Å². The number of nitrogens with zero attached hydrogens (tertiary/aromatic N) is 3. The first-order chi connectivity index (χ1) is 12.6. The molecule has 0 radical (unpaired) electrons. The number of carbonyl (C=O) groups excluding carboxylic acids is 2. The molecule has 0 spiro atoms. The largest absolute Gasteiger partial charge is 0.344 e. The highest BCUT2D eigenvalue weighted by molar-refractivity contribution is 5.80. The van der Waals surface area contributed by atoms with Crippen molar-refractivity contribution < 1.29 is 9.59 Å². The molecule has 1 saturated heterocycles. The summed E-state index contributed by atoms with van der Waals surface area (Å²) in [6.45, 7) is 3.68. The number of amides is 2. The molecule has 2 amide bonds. The van der Waals surface area contributed by atoms with Gasteiger partial charge in [-0.15, -0.1) is 0 Å². The van der Waals surface area contributed by atoms with E-state index in [1.54, 1.807) is 0 Å². The Balaban J connectivity index is 1.26. The van der Waals surface area contributed by atoms with Gasteiger partial charge in [0, 0.05) is 51.6 Å². The van der Waals surface area contributed by atoms with Gasteiger partial charge in [-0.2, -0.15) is 0 Å². The molecule has 2 fully saturated rings. The first kappa shape index (κ1) is 17.5. The van der Waals surface area contributed by atoms with Crippen molar-refractivity contribution in [2.75, 3.05) is 26.7 Å². The first-order valence-electron chi connectivity index (χ1n) is 9.92.